The van der Waals surface area contributed by atoms with E-state index in [4.69, 9.17) is 5.41 Å². The van der Waals surface area contributed by atoms with Crippen LogP contribution < -0.4 is 9.80 Å². The Hall–Kier alpha value is -3.28. The quantitative estimate of drug-likeness (QED) is 0.612. The summed E-state index contributed by atoms with van der Waals surface area (Å²) in [6, 6.07) is 14.2. The number of H-pyrrole nitrogens is 1. The molecule has 6 nitrogen and oxygen atoms in total. The summed E-state index contributed by atoms with van der Waals surface area (Å²) in [7, 11) is 0. The van der Waals surface area contributed by atoms with Crippen molar-refractivity contribution in [3.05, 3.63) is 59.6 Å². The maximum atomic E-state index is 10.6. The minimum absolute atomic E-state index is 0.172. The molecule has 3 aromatic rings. The molecule has 0 atom stereocenters. The van der Waals surface area contributed by atoms with Crippen LogP contribution in [0.2, 0.25) is 0 Å². The molecule has 1 aromatic heterocycles. The number of aliphatic hydroxyl groups is 1. The molecule has 5 rings (SSSR count). The van der Waals surface area contributed by atoms with Gasteiger partial charge in [-0.3, -0.25) is 5.41 Å². The van der Waals surface area contributed by atoms with Crippen LogP contribution in [0.25, 0.3) is 16.6 Å². The Balaban J connectivity index is 1.45. The van der Waals surface area contributed by atoms with Crippen molar-refractivity contribution in [2.75, 3.05) is 29.4 Å². The second-order valence-corrected chi connectivity index (χ2v) is 7.93. The van der Waals surface area contributed by atoms with Crippen LogP contribution in [0.5, 0.6) is 0 Å². The summed E-state index contributed by atoms with van der Waals surface area (Å²) < 4.78 is 0. The van der Waals surface area contributed by atoms with Gasteiger partial charge in [0.05, 0.1) is 23.2 Å². The number of anilines is 2. The lowest BCUT2D eigenvalue weighted by atomic mass is 10.1. The van der Waals surface area contributed by atoms with Gasteiger partial charge in [0.2, 0.25) is 0 Å². The van der Waals surface area contributed by atoms with Crippen molar-refractivity contribution in [3.63, 3.8) is 0 Å². The number of nitrogens with one attached hydrogen (secondary N) is 2. The van der Waals surface area contributed by atoms with Gasteiger partial charge in [-0.2, -0.15) is 0 Å². The largest absolute Gasteiger partial charge is 0.509 e. The monoisotopic (exact) mass is 387 g/mol. The summed E-state index contributed by atoms with van der Waals surface area (Å²) in [6.07, 6.45) is 3.78. The molecule has 148 valence electrons. The molecule has 0 aliphatic carbocycles. The summed E-state index contributed by atoms with van der Waals surface area (Å²) in [6.45, 7) is 4.50. The fraction of sp³-hybridized carbons (Fsp3) is 0.304. The number of imidazole rings is 1. The van der Waals surface area contributed by atoms with Crippen molar-refractivity contribution in [1.29, 1.82) is 5.41 Å². The molecule has 3 N–H and O–H groups in total. The highest BCUT2D eigenvalue weighted by Crippen LogP contribution is 2.32. The average molecular weight is 387 g/mol. The van der Waals surface area contributed by atoms with E-state index in [1.807, 2.05) is 37.3 Å². The van der Waals surface area contributed by atoms with Gasteiger partial charge in [0.15, 0.2) is 0 Å². The molecule has 2 aromatic carbocycles. The molecule has 29 heavy (non-hydrogen) atoms. The van der Waals surface area contributed by atoms with Crippen molar-refractivity contribution in [2.45, 2.75) is 26.2 Å². The zero-order valence-corrected chi connectivity index (χ0v) is 16.6. The number of aromatic nitrogens is 2. The SMILES string of the molecule is Cc1ccc(N2CC(O)=C(c3nc4ccc(N5CCCCC5)cc4[nH]3)C2=N)cc1. The lowest BCUT2D eigenvalue weighted by Crippen LogP contribution is -2.29. The third kappa shape index (κ3) is 3.14. The van der Waals surface area contributed by atoms with Crippen LogP contribution in [0.1, 0.15) is 30.7 Å². The number of aromatic amines is 1. The van der Waals surface area contributed by atoms with Crippen LogP contribution in [0.4, 0.5) is 11.4 Å². The van der Waals surface area contributed by atoms with Crippen LogP contribution in [-0.2, 0) is 0 Å². The number of piperidine rings is 1. The first-order chi connectivity index (χ1) is 14.1. The van der Waals surface area contributed by atoms with Gasteiger partial charge >= 0.3 is 0 Å². The molecule has 2 aliphatic heterocycles. The number of nitrogens with zero attached hydrogens (tertiary/aromatic N) is 3. The molecule has 0 spiro atoms. The van der Waals surface area contributed by atoms with E-state index in [1.165, 1.54) is 30.5 Å². The maximum Gasteiger partial charge on any atom is 0.145 e. The van der Waals surface area contributed by atoms with E-state index in [-0.39, 0.29) is 18.1 Å². The number of amidine groups is 1. The summed E-state index contributed by atoms with van der Waals surface area (Å²) in [4.78, 5) is 12.2. The number of benzene rings is 2. The van der Waals surface area contributed by atoms with Gasteiger partial charge in [0.1, 0.15) is 17.4 Å². The minimum Gasteiger partial charge on any atom is -0.509 e. The van der Waals surface area contributed by atoms with E-state index in [0.29, 0.717) is 11.4 Å². The molecule has 0 radical (unpaired) electrons. The molecule has 3 heterocycles. The topological polar surface area (TPSA) is 79.2 Å². The van der Waals surface area contributed by atoms with E-state index in [2.05, 4.69) is 27.0 Å². The Labute approximate surface area is 170 Å². The van der Waals surface area contributed by atoms with E-state index < -0.39 is 0 Å². The Bertz CT molecular complexity index is 1110. The van der Waals surface area contributed by atoms with Crippen LogP contribution >= 0.6 is 0 Å². The predicted octanol–water partition coefficient (Wildman–Crippen LogP) is 4.63. The number of hydrogen-bond donors (Lipinski definition) is 3. The Morgan fingerprint density at radius 3 is 2.48 bits per heavy atom. The van der Waals surface area contributed by atoms with Crippen LogP contribution in [0.15, 0.2) is 48.2 Å². The number of fused-ring (bicyclic) bond motifs is 1. The molecular formula is C23H25N5O. The van der Waals surface area contributed by atoms with Crippen LogP contribution in [0.3, 0.4) is 0 Å². The number of aryl methyl sites for hydroxylation is 1. The lowest BCUT2D eigenvalue weighted by Gasteiger charge is -2.28. The zero-order valence-electron chi connectivity index (χ0n) is 16.6. The third-order valence-electron chi connectivity index (χ3n) is 5.87. The van der Waals surface area contributed by atoms with Crippen molar-refractivity contribution in [1.82, 2.24) is 9.97 Å². The highest BCUT2D eigenvalue weighted by Gasteiger charge is 2.31. The summed E-state index contributed by atoms with van der Waals surface area (Å²) in [5.41, 5.74) is 5.52. The fourth-order valence-electron chi connectivity index (χ4n) is 4.24. The first-order valence-corrected chi connectivity index (χ1v) is 10.2. The van der Waals surface area contributed by atoms with Gasteiger partial charge < -0.3 is 19.9 Å². The molecule has 1 fully saturated rings. The molecule has 6 heteroatoms. The van der Waals surface area contributed by atoms with Crippen LogP contribution in [0, 0.1) is 12.3 Å². The lowest BCUT2D eigenvalue weighted by molar-refractivity contribution is 0.411. The fourth-order valence-corrected chi connectivity index (χ4v) is 4.24. The highest BCUT2D eigenvalue weighted by molar-refractivity contribution is 6.30. The van der Waals surface area contributed by atoms with E-state index in [9.17, 15) is 5.11 Å². The Kier molecular flexibility index (Phi) is 4.27. The third-order valence-corrected chi connectivity index (χ3v) is 5.87. The first kappa shape index (κ1) is 17.8. The second kappa shape index (κ2) is 6.95. The molecule has 1 saturated heterocycles. The standard InChI is InChI=1S/C23H25N5O/c1-15-5-7-16(8-6-15)28-14-20(29)21(22(28)24)23-25-18-10-9-17(13-19(18)26-23)27-11-3-2-4-12-27/h5-10,13,24,29H,2-4,11-12,14H2,1H3,(H,25,26). The molecule has 0 amide bonds. The summed E-state index contributed by atoms with van der Waals surface area (Å²) in [5.74, 6) is 0.987. The molecule has 0 saturated carbocycles. The molecule has 0 bridgehead atoms. The van der Waals surface area contributed by atoms with Gasteiger partial charge in [-0.25, -0.2) is 4.98 Å². The molecular weight excluding hydrogens is 362 g/mol. The van der Waals surface area contributed by atoms with Crippen LogP contribution in [-0.4, -0.2) is 40.5 Å². The number of rotatable bonds is 3. The van der Waals surface area contributed by atoms with Gasteiger partial charge in [0.25, 0.3) is 0 Å². The first-order valence-electron chi connectivity index (χ1n) is 10.2. The molecule has 2 aliphatic rings. The van der Waals surface area contributed by atoms with E-state index in [0.717, 1.165) is 29.8 Å². The smallest absolute Gasteiger partial charge is 0.145 e. The van der Waals surface area contributed by atoms with E-state index >= 15 is 0 Å². The molecule has 0 unspecified atom stereocenters. The summed E-state index contributed by atoms with van der Waals surface area (Å²) in [5, 5.41) is 19.2. The minimum atomic E-state index is 0.172. The van der Waals surface area contributed by atoms with Crippen molar-refractivity contribution < 1.29 is 5.11 Å². The number of hydrogen-bond acceptors (Lipinski definition) is 4. The van der Waals surface area contributed by atoms with Crippen molar-refractivity contribution in [3.8, 4) is 0 Å². The maximum absolute atomic E-state index is 10.6. The number of aliphatic hydroxyl groups excluding tert-OH is 1. The predicted molar refractivity (Wildman–Crippen MR) is 118 cm³/mol. The highest BCUT2D eigenvalue weighted by atomic mass is 16.3. The van der Waals surface area contributed by atoms with Crippen molar-refractivity contribution >= 4 is 33.8 Å². The van der Waals surface area contributed by atoms with Gasteiger partial charge in [-0.1, -0.05) is 17.7 Å². The Morgan fingerprint density at radius 1 is 1.00 bits per heavy atom. The normalized spacial score (nSPS) is 17.6. The zero-order chi connectivity index (χ0) is 20.0. The van der Waals surface area contributed by atoms with Gasteiger partial charge in [-0.05, 0) is 56.5 Å². The van der Waals surface area contributed by atoms with Gasteiger partial charge in [-0.15, -0.1) is 0 Å². The van der Waals surface area contributed by atoms with E-state index in [1.54, 1.807) is 4.90 Å². The average Bonchev–Trinajstić information content (AvgIpc) is 3.28. The summed E-state index contributed by atoms with van der Waals surface area (Å²) >= 11 is 0. The van der Waals surface area contributed by atoms with Gasteiger partial charge in [0, 0.05) is 24.5 Å². The Morgan fingerprint density at radius 2 is 1.72 bits per heavy atom. The van der Waals surface area contributed by atoms with Crippen molar-refractivity contribution in [2.24, 2.45) is 0 Å². The second-order valence-electron chi connectivity index (χ2n) is 7.93.